The van der Waals surface area contributed by atoms with E-state index in [4.69, 9.17) is 4.74 Å². The average Bonchev–Trinajstić information content (AvgIpc) is 2.94. The lowest BCUT2D eigenvalue weighted by atomic mass is 10.2. The van der Waals surface area contributed by atoms with E-state index in [0.29, 0.717) is 0 Å². The molecule has 1 saturated heterocycles. The fraction of sp³-hybridized carbons (Fsp3) is 0.615. The summed E-state index contributed by atoms with van der Waals surface area (Å²) in [7, 11) is 1.73. The van der Waals surface area contributed by atoms with Gasteiger partial charge in [-0.3, -0.25) is 0 Å². The number of anilines is 1. The van der Waals surface area contributed by atoms with E-state index in [1.807, 2.05) is 6.20 Å². The Morgan fingerprint density at radius 1 is 1.38 bits per heavy atom. The SMILES string of the molecule is COCCc1ccc(N2CC3CC3C2)nc1. The predicted octanol–water partition coefficient (Wildman–Crippen LogP) is 1.73. The number of ether oxygens (including phenoxy) is 1. The van der Waals surface area contributed by atoms with Crippen molar-refractivity contribution < 1.29 is 4.74 Å². The van der Waals surface area contributed by atoms with Crippen molar-refractivity contribution in [3.63, 3.8) is 0 Å². The molecule has 1 saturated carbocycles. The minimum absolute atomic E-state index is 0.773. The van der Waals surface area contributed by atoms with E-state index in [1.54, 1.807) is 7.11 Å². The molecule has 3 nitrogen and oxygen atoms in total. The second-order valence-corrected chi connectivity index (χ2v) is 4.93. The number of rotatable bonds is 4. The standard InChI is InChI=1S/C13H18N2O/c1-16-5-4-10-2-3-13(14-7-10)15-8-11-6-12(11)9-15/h2-3,7,11-12H,4-6,8-9H2,1H3. The van der Waals surface area contributed by atoms with Gasteiger partial charge < -0.3 is 9.64 Å². The van der Waals surface area contributed by atoms with E-state index < -0.39 is 0 Å². The van der Waals surface area contributed by atoms with Crippen LogP contribution in [0.25, 0.3) is 0 Å². The Bertz CT molecular complexity index is 353. The number of hydrogen-bond acceptors (Lipinski definition) is 3. The van der Waals surface area contributed by atoms with E-state index in [0.717, 1.165) is 30.7 Å². The van der Waals surface area contributed by atoms with Crippen LogP contribution in [0.3, 0.4) is 0 Å². The second-order valence-electron chi connectivity index (χ2n) is 4.93. The van der Waals surface area contributed by atoms with Gasteiger partial charge in [-0.1, -0.05) is 6.07 Å². The monoisotopic (exact) mass is 218 g/mol. The maximum Gasteiger partial charge on any atom is 0.128 e. The third kappa shape index (κ3) is 1.92. The molecule has 1 aromatic rings. The summed E-state index contributed by atoms with van der Waals surface area (Å²) in [5.74, 6) is 3.08. The van der Waals surface area contributed by atoms with Gasteiger partial charge in [0.25, 0.3) is 0 Å². The summed E-state index contributed by atoms with van der Waals surface area (Å²) in [4.78, 5) is 6.95. The average molecular weight is 218 g/mol. The lowest BCUT2D eigenvalue weighted by molar-refractivity contribution is 0.202. The maximum absolute atomic E-state index is 5.06. The van der Waals surface area contributed by atoms with Gasteiger partial charge in [-0.2, -0.15) is 0 Å². The van der Waals surface area contributed by atoms with Crippen molar-refractivity contribution >= 4 is 5.82 Å². The van der Waals surface area contributed by atoms with Crippen LogP contribution >= 0.6 is 0 Å². The van der Waals surface area contributed by atoms with Crippen molar-refractivity contribution in [2.24, 2.45) is 11.8 Å². The fourth-order valence-electron chi connectivity index (χ4n) is 2.56. The van der Waals surface area contributed by atoms with Gasteiger partial charge in [0.1, 0.15) is 5.82 Å². The van der Waals surface area contributed by atoms with Gasteiger partial charge in [-0.15, -0.1) is 0 Å². The molecule has 0 radical (unpaired) electrons. The molecular weight excluding hydrogens is 200 g/mol. The molecule has 2 heterocycles. The molecule has 3 heteroatoms. The predicted molar refractivity (Wildman–Crippen MR) is 63.6 cm³/mol. The molecule has 2 aliphatic rings. The lowest BCUT2D eigenvalue weighted by Crippen LogP contribution is -2.22. The van der Waals surface area contributed by atoms with Gasteiger partial charge in [0.2, 0.25) is 0 Å². The van der Waals surface area contributed by atoms with Crippen LogP contribution in [0.2, 0.25) is 0 Å². The minimum atomic E-state index is 0.773. The van der Waals surface area contributed by atoms with E-state index in [9.17, 15) is 0 Å². The van der Waals surface area contributed by atoms with Crippen molar-refractivity contribution in [2.75, 3.05) is 31.7 Å². The number of hydrogen-bond donors (Lipinski definition) is 0. The Kier molecular flexibility index (Phi) is 2.56. The second kappa shape index (κ2) is 4.06. The molecule has 2 atom stereocenters. The van der Waals surface area contributed by atoms with Crippen LogP contribution < -0.4 is 4.90 Å². The van der Waals surface area contributed by atoms with Crippen LogP contribution in [0, 0.1) is 11.8 Å². The largest absolute Gasteiger partial charge is 0.384 e. The van der Waals surface area contributed by atoms with E-state index in [2.05, 4.69) is 22.0 Å². The normalized spacial score (nSPS) is 26.9. The number of pyridine rings is 1. The van der Waals surface area contributed by atoms with Gasteiger partial charge in [-0.25, -0.2) is 4.98 Å². The highest BCUT2D eigenvalue weighted by molar-refractivity contribution is 5.42. The third-order valence-corrected chi connectivity index (χ3v) is 3.71. The highest BCUT2D eigenvalue weighted by Gasteiger charge is 2.45. The first-order chi connectivity index (χ1) is 7.86. The Morgan fingerprint density at radius 2 is 2.19 bits per heavy atom. The molecule has 16 heavy (non-hydrogen) atoms. The van der Waals surface area contributed by atoms with Gasteiger partial charge in [0.15, 0.2) is 0 Å². The molecule has 2 unspecified atom stereocenters. The van der Waals surface area contributed by atoms with Crippen LogP contribution in [0.4, 0.5) is 5.82 Å². The van der Waals surface area contributed by atoms with Gasteiger partial charge in [0, 0.05) is 26.4 Å². The van der Waals surface area contributed by atoms with Crippen LogP contribution in [0.5, 0.6) is 0 Å². The van der Waals surface area contributed by atoms with Crippen molar-refractivity contribution in [1.29, 1.82) is 0 Å². The van der Waals surface area contributed by atoms with E-state index in [-0.39, 0.29) is 0 Å². The quantitative estimate of drug-likeness (QED) is 0.769. The Balaban J connectivity index is 1.63. The zero-order valence-electron chi connectivity index (χ0n) is 9.72. The molecule has 0 bridgehead atoms. The first-order valence-electron chi connectivity index (χ1n) is 6.05. The van der Waals surface area contributed by atoms with Crippen LogP contribution in [0.1, 0.15) is 12.0 Å². The molecular formula is C13H18N2O. The van der Waals surface area contributed by atoms with Crippen LogP contribution in [-0.4, -0.2) is 31.8 Å². The summed E-state index contributed by atoms with van der Waals surface area (Å²) in [6.07, 6.45) is 4.38. The Hall–Kier alpha value is -1.09. The smallest absolute Gasteiger partial charge is 0.128 e. The number of aromatic nitrogens is 1. The Labute approximate surface area is 96.4 Å². The molecule has 1 aliphatic carbocycles. The molecule has 1 aliphatic heterocycles. The highest BCUT2D eigenvalue weighted by Crippen LogP contribution is 2.45. The molecule has 86 valence electrons. The summed E-state index contributed by atoms with van der Waals surface area (Å²) >= 11 is 0. The van der Waals surface area contributed by atoms with Crippen molar-refractivity contribution in [3.8, 4) is 0 Å². The number of nitrogens with zero attached hydrogens (tertiary/aromatic N) is 2. The molecule has 0 aromatic carbocycles. The number of fused-ring (bicyclic) bond motifs is 1. The minimum Gasteiger partial charge on any atom is -0.384 e. The molecule has 2 fully saturated rings. The molecule has 0 N–H and O–H groups in total. The first-order valence-corrected chi connectivity index (χ1v) is 6.05. The van der Waals surface area contributed by atoms with Gasteiger partial charge >= 0.3 is 0 Å². The third-order valence-electron chi connectivity index (χ3n) is 3.71. The number of methoxy groups -OCH3 is 1. The molecule has 0 spiro atoms. The maximum atomic E-state index is 5.06. The van der Waals surface area contributed by atoms with Crippen LogP contribution in [-0.2, 0) is 11.2 Å². The zero-order chi connectivity index (χ0) is 11.0. The summed E-state index contributed by atoms with van der Waals surface area (Å²) in [6.45, 7) is 3.21. The molecule has 1 aromatic heterocycles. The topological polar surface area (TPSA) is 25.4 Å². The highest BCUT2D eigenvalue weighted by atomic mass is 16.5. The van der Waals surface area contributed by atoms with Gasteiger partial charge in [-0.05, 0) is 36.3 Å². The van der Waals surface area contributed by atoms with Crippen molar-refractivity contribution in [2.45, 2.75) is 12.8 Å². The summed E-state index contributed by atoms with van der Waals surface area (Å²) < 4.78 is 5.06. The summed E-state index contributed by atoms with van der Waals surface area (Å²) in [6, 6.07) is 4.32. The van der Waals surface area contributed by atoms with Crippen molar-refractivity contribution in [1.82, 2.24) is 4.98 Å². The lowest BCUT2D eigenvalue weighted by Gasteiger charge is -2.18. The first kappa shape index (κ1) is 10.1. The van der Waals surface area contributed by atoms with Crippen LogP contribution in [0.15, 0.2) is 18.3 Å². The summed E-state index contributed by atoms with van der Waals surface area (Å²) in [5.41, 5.74) is 1.26. The fourth-order valence-corrected chi connectivity index (χ4v) is 2.56. The summed E-state index contributed by atoms with van der Waals surface area (Å²) in [5, 5.41) is 0. The molecule has 0 amide bonds. The number of piperidine rings is 1. The molecule has 3 rings (SSSR count). The van der Waals surface area contributed by atoms with E-state index >= 15 is 0 Å². The van der Waals surface area contributed by atoms with Crippen molar-refractivity contribution in [3.05, 3.63) is 23.9 Å². The Morgan fingerprint density at radius 3 is 2.81 bits per heavy atom. The zero-order valence-corrected chi connectivity index (χ0v) is 9.72. The van der Waals surface area contributed by atoms with Gasteiger partial charge in [0.05, 0.1) is 6.61 Å². The van der Waals surface area contributed by atoms with E-state index in [1.165, 1.54) is 25.1 Å².